The fourth-order valence-electron chi connectivity index (χ4n) is 1.59. The molecule has 0 radical (unpaired) electrons. The second kappa shape index (κ2) is 6.02. The average Bonchev–Trinajstić information content (AvgIpc) is 3.01. The smallest absolute Gasteiger partial charge is 0.0687 e. The lowest BCUT2D eigenvalue weighted by molar-refractivity contribution is 0.597. The van der Waals surface area contributed by atoms with Gasteiger partial charge in [-0.2, -0.15) is 0 Å². The van der Waals surface area contributed by atoms with Gasteiger partial charge in [-0.15, -0.1) is 29.1 Å². The summed E-state index contributed by atoms with van der Waals surface area (Å²) in [4.78, 5) is 2.67. The molecule has 17 heavy (non-hydrogen) atoms. The second-order valence-corrected chi connectivity index (χ2v) is 5.73. The minimum absolute atomic E-state index is 0.183. The highest BCUT2D eigenvalue weighted by Crippen LogP contribution is 2.29. The Morgan fingerprint density at radius 2 is 2.35 bits per heavy atom. The summed E-state index contributed by atoms with van der Waals surface area (Å²) in [5, 5.41) is 7.69. The van der Waals surface area contributed by atoms with Crippen LogP contribution in [0.15, 0.2) is 29.0 Å². The van der Waals surface area contributed by atoms with Crippen LogP contribution in [0.2, 0.25) is 0 Å². The standard InChI is InChI=1S/C14H15NS2/c1-3-12(4-2)15-9-13-8-11(10-17-13)14-6-5-7-16-14/h1,5-8,10,12,15H,4,9H2,2H3. The van der Waals surface area contributed by atoms with Crippen LogP contribution in [-0.4, -0.2) is 6.04 Å². The first kappa shape index (κ1) is 12.4. The van der Waals surface area contributed by atoms with Crippen LogP contribution in [0.4, 0.5) is 0 Å². The van der Waals surface area contributed by atoms with E-state index in [9.17, 15) is 0 Å². The van der Waals surface area contributed by atoms with E-state index in [2.05, 4.69) is 47.1 Å². The third kappa shape index (κ3) is 3.19. The molecule has 0 spiro atoms. The van der Waals surface area contributed by atoms with Crippen LogP contribution in [0.3, 0.4) is 0 Å². The SMILES string of the molecule is C#CC(CC)NCc1cc(-c2cccs2)cs1. The third-order valence-electron chi connectivity index (χ3n) is 2.59. The van der Waals surface area contributed by atoms with E-state index in [4.69, 9.17) is 6.42 Å². The third-order valence-corrected chi connectivity index (χ3v) is 4.45. The number of rotatable bonds is 5. The Labute approximate surface area is 111 Å². The highest BCUT2D eigenvalue weighted by Gasteiger charge is 2.05. The van der Waals surface area contributed by atoms with Gasteiger partial charge in [-0.1, -0.05) is 18.9 Å². The monoisotopic (exact) mass is 261 g/mol. The van der Waals surface area contributed by atoms with Gasteiger partial charge < -0.3 is 0 Å². The summed E-state index contributed by atoms with van der Waals surface area (Å²) in [6.07, 6.45) is 6.39. The molecule has 0 aliphatic heterocycles. The average molecular weight is 261 g/mol. The normalized spacial score (nSPS) is 12.2. The van der Waals surface area contributed by atoms with Crippen molar-refractivity contribution in [1.82, 2.24) is 5.32 Å². The first-order chi connectivity index (χ1) is 8.33. The van der Waals surface area contributed by atoms with Gasteiger partial charge in [-0.05, 0) is 29.3 Å². The molecule has 2 aromatic rings. The zero-order valence-corrected chi connectivity index (χ0v) is 11.4. The van der Waals surface area contributed by atoms with Gasteiger partial charge in [-0.3, -0.25) is 5.32 Å². The second-order valence-electron chi connectivity index (χ2n) is 3.79. The summed E-state index contributed by atoms with van der Waals surface area (Å²) in [5.41, 5.74) is 1.32. The maximum Gasteiger partial charge on any atom is 0.0687 e. The molecule has 0 amide bonds. The number of terminal acetylenes is 1. The van der Waals surface area contributed by atoms with Gasteiger partial charge in [0.2, 0.25) is 0 Å². The Hall–Kier alpha value is -1.08. The molecular formula is C14H15NS2. The maximum atomic E-state index is 5.42. The highest BCUT2D eigenvalue weighted by atomic mass is 32.1. The van der Waals surface area contributed by atoms with Crippen LogP contribution < -0.4 is 5.32 Å². The number of hydrogen-bond donors (Lipinski definition) is 1. The zero-order valence-electron chi connectivity index (χ0n) is 9.77. The first-order valence-electron chi connectivity index (χ1n) is 5.64. The molecule has 1 unspecified atom stereocenters. The van der Waals surface area contributed by atoms with Crippen LogP contribution in [0.5, 0.6) is 0 Å². The summed E-state index contributed by atoms with van der Waals surface area (Å²) < 4.78 is 0. The minimum Gasteiger partial charge on any atom is -0.299 e. The minimum atomic E-state index is 0.183. The van der Waals surface area contributed by atoms with E-state index < -0.39 is 0 Å². The van der Waals surface area contributed by atoms with Crippen molar-refractivity contribution < 1.29 is 0 Å². The zero-order chi connectivity index (χ0) is 12.1. The fraction of sp³-hybridized carbons (Fsp3) is 0.286. The van der Waals surface area contributed by atoms with Crippen molar-refractivity contribution >= 4 is 22.7 Å². The van der Waals surface area contributed by atoms with E-state index in [-0.39, 0.29) is 6.04 Å². The molecule has 2 heterocycles. The molecule has 1 N–H and O–H groups in total. The van der Waals surface area contributed by atoms with E-state index in [0.717, 1.165) is 13.0 Å². The Balaban J connectivity index is 1.98. The molecular weight excluding hydrogens is 246 g/mol. The van der Waals surface area contributed by atoms with Crippen molar-refractivity contribution in [2.45, 2.75) is 25.9 Å². The van der Waals surface area contributed by atoms with Crippen LogP contribution in [0, 0.1) is 12.3 Å². The fourth-order valence-corrected chi connectivity index (χ4v) is 3.21. The molecule has 2 aromatic heterocycles. The van der Waals surface area contributed by atoms with Crippen LogP contribution in [-0.2, 0) is 6.54 Å². The van der Waals surface area contributed by atoms with Crippen molar-refractivity contribution in [2.75, 3.05) is 0 Å². The summed E-state index contributed by atoms with van der Waals surface area (Å²) in [6.45, 7) is 2.96. The molecule has 0 saturated carbocycles. The van der Waals surface area contributed by atoms with Gasteiger partial charge in [0, 0.05) is 21.9 Å². The van der Waals surface area contributed by atoms with Gasteiger partial charge >= 0.3 is 0 Å². The lowest BCUT2D eigenvalue weighted by Crippen LogP contribution is -2.25. The first-order valence-corrected chi connectivity index (χ1v) is 7.40. The van der Waals surface area contributed by atoms with Crippen molar-refractivity contribution in [3.05, 3.63) is 33.8 Å². The quantitative estimate of drug-likeness (QED) is 0.803. The topological polar surface area (TPSA) is 12.0 Å². The number of hydrogen-bond acceptors (Lipinski definition) is 3. The van der Waals surface area contributed by atoms with Gasteiger partial charge in [0.1, 0.15) is 0 Å². The Morgan fingerprint density at radius 1 is 1.47 bits per heavy atom. The summed E-state index contributed by atoms with van der Waals surface area (Å²) in [7, 11) is 0. The molecule has 2 rings (SSSR count). The summed E-state index contributed by atoms with van der Waals surface area (Å²) >= 11 is 3.56. The predicted molar refractivity (Wildman–Crippen MR) is 77.4 cm³/mol. The lowest BCUT2D eigenvalue weighted by Gasteiger charge is -2.08. The molecule has 0 aliphatic carbocycles. The van der Waals surface area contributed by atoms with Gasteiger partial charge in [-0.25, -0.2) is 0 Å². The molecule has 0 aliphatic rings. The van der Waals surface area contributed by atoms with Gasteiger partial charge in [0.15, 0.2) is 0 Å². The molecule has 88 valence electrons. The van der Waals surface area contributed by atoms with Crippen molar-refractivity contribution in [1.29, 1.82) is 0 Å². The van der Waals surface area contributed by atoms with E-state index >= 15 is 0 Å². The van der Waals surface area contributed by atoms with E-state index in [1.165, 1.54) is 15.3 Å². The largest absolute Gasteiger partial charge is 0.299 e. The molecule has 1 atom stereocenters. The number of nitrogens with one attached hydrogen (secondary N) is 1. The Bertz CT molecular complexity index is 491. The molecule has 0 bridgehead atoms. The Morgan fingerprint density at radius 3 is 3.00 bits per heavy atom. The van der Waals surface area contributed by atoms with Crippen molar-refractivity contribution in [2.24, 2.45) is 0 Å². The predicted octanol–water partition coefficient (Wildman–Crippen LogP) is 3.98. The van der Waals surface area contributed by atoms with Crippen LogP contribution in [0.1, 0.15) is 18.2 Å². The summed E-state index contributed by atoms with van der Waals surface area (Å²) in [5.74, 6) is 2.75. The molecule has 1 nitrogen and oxygen atoms in total. The van der Waals surface area contributed by atoms with Crippen LogP contribution in [0.25, 0.3) is 10.4 Å². The van der Waals surface area contributed by atoms with Crippen molar-refractivity contribution in [3.63, 3.8) is 0 Å². The van der Waals surface area contributed by atoms with E-state index in [1.807, 2.05) is 0 Å². The van der Waals surface area contributed by atoms with Crippen LogP contribution >= 0.6 is 22.7 Å². The maximum absolute atomic E-state index is 5.42. The molecule has 0 aromatic carbocycles. The highest BCUT2D eigenvalue weighted by molar-refractivity contribution is 7.14. The Kier molecular flexibility index (Phi) is 4.38. The summed E-state index contributed by atoms with van der Waals surface area (Å²) in [6, 6.07) is 6.66. The number of thiophene rings is 2. The molecule has 3 heteroatoms. The van der Waals surface area contributed by atoms with Crippen molar-refractivity contribution in [3.8, 4) is 22.8 Å². The van der Waals surface area contributed by atoms with Gasteiger partial charge in [0.05, 0.1) is 6.04 Å². The van der Waals surface area contributed by atoms with Gasteiger partial charge in [0.25, 0.3) is 0 Å². The van der Waals surface area contributed by atoms with E-state index in [0.29, 0.717) is 0 Å². The molecule has 0 saturated heterocycles. The lowest BCUT2D eigenvalue weighted by atomic mass is 10.2. The molecule has 0 fully saturated rings. The van der Waals surface area contributed by atoms with E-state index in [1.54, 1.807) is 22.7 Å².